The van der Waals surface area contributed by atoms with Crippen molar-refractivity contribution in [1.29, 1.82) is 0 Å². The molecule has 0 spiro atoms. The van der Waals surface area contributed by atoms with Gasteiger partial charge >= 0.3 is 0 Å². The molecular weight excluding hydrogens is 384 g/mol. The van der Waals surface area contributed by atoms with Gasteiger partial charge in [-0.1, -0.05) is 37.5 Å². The van der Waals surface area contributed by atoms with Crippen LogP contribution in [0.25, 0.3) is 10.8 Å². The lowest BCUT2D eigenvalue weighted by Gasteiger charge is -2.39. The lowest BCUT2D eigenvalue weighted by molar-refractivity contribution is 0.103. The predicted molar refractivity (Wildman–Crippen MR) is 124 cm³/mol. The van der Waals surface area contributed by atoms with E-state index in [1.54, 1.807) is 0 Å². The molecule has 0 radical (unpaired) electrons. The zero-order chi connectivity index (χ0) is 20.8. The second kappa shape index (κ2) is 7.79. The number of carbonyl (C=O) groups is 1. The van der Waals surface area contributed by atoms with Crippen LogP contribution in [0.5, 0.6) is 0 Å². The van der Waals surface area contributed by atoms with Gasteiger partial charge in [0, 0.05) is 48.4 Å². The van der Waals surface area contributed by atoms with E-state index >= 15 is 0 Å². The van der Waals surface area contributed by atoms with Gasteiger partial charge < -0.3 is 10.2 Å². The normalized spacial score (nSPS) is 20.5. The van der Waals surface area contributed by atoms with Crippen molar-refractivity contribution in [3.05, 3.63) is 59.4 Å². The minimum atomic E-state index is 0.00476. The molecule has 3 heterocycles. The van der Waals surface area contributed by atoms with Gasteiger partial charge in [-0.3, -0.25) is 9.48 Å². The smallest absolute Gasteiger partial charge is 0.256 e. The Balaban J connectivity index is 1.16. The second-order valence-corrected chi connectivity index (χ2v) is 9.52. The van der Waals surface area contributed by atoms with Crippen LogP contribution in [0.3, 0.4) is 0 Å². The highest BCUT2D eigenvalue weighted by Gasteiger charge is 2.27. The molecule has 3 aliphatic rings. The summed E-state index contributed by atoms with van der Waals surface area (Å²) in [5, 5.41) is 9.95. The number of amides is 1. The Labute approximate surface area is 183 Å². The van der Waals surface area contributed by atoms with Gasteiger partial charge in [-0.25, -0.2) is 0 Å². The fourth-order valence-electron chi connectivity index (χ4n) is 5.95. The Morgan fingerprint density at radius 2 is 1.81 bits per heavy atom. The Bertz CT molecular complexity index is 1120. The number of anilines is 1. The number of hydrogen-bond donors (Lipinski definition) is 1. The van der Waals surface area contributed by atoms with Crippen molar-refractivity contribution in [2.75, 3.05) is 18.4 Å². The third-order valence-electron chi connectivity index (χ3n) is 7.64. The van der Waals surface area contributed by atoms with Gasteiger partial charge in [0.15, 0.2) is 0 Å². The summed E-state index contributed by atoms with van der Waals surface area (Å²) >= 11 is 0. The second-order valence-electron chi connectivity index (χ2n) is 9.52. The van der Waals surface area contributed by atoms with Gasteiger partial charge in [0.1, 0.15) is 0 Å². The number of nitrogens with one attached hydrogen (secondary N) is 1. The molecule has 0 bridgehead atoms. The number of piperidine rings is 1. The largest absolute Gasteiger partial charge is 0.321 e. The number of rotatable bonds is 4. The lowest BCUT2D eigenvalue weighted by atomic mass is 9.92. The molecule has 5 nitrogen and oxygen atoms in total. The molecule has 2 aromatic carbocycles. The summed E-state index contributed by atoms with van der Waals surface area (Å²) in [5.74, 6) is 0.00476. The van der Waals surface area contributed by atoms with E-state index in [0.717, 1.165) is 29.1 Å². The average Bonchev–Trinajstić information content (AvgIpc) is 3.42. The van der Waals surface area contributed by atoms with Gasteiger partial charge in [0.2, 0.25) is 0 Å². The number of benzene rings is 2. The van der Waals surface area contributed by atoms with E-state index in [2.05, 4.69) is 33.2 Å². The Morgan fingerprint density at radius 3 is 2.65 bits per heavy atom. The SMILES string of the molecule is O=C1Nc2ccc(Cc3cnn(C4CCN(C5CCCCC5)CC4)c3)c3cccc1c23. The maximum absolute atomic E-state index is 12.2. The maximum Gasteiger partial charge on any atom is 0.256 e. The van der Waals surface area contributed by atoms with E-state index in [0.29, 0.717) is 6.04 Å². The summed E-state index contributed by atoms with van der Waals surface area (Å²) in [6.45, 7) is 2.42. The van der Waals surface area contributed by atoms with Crippen LogP contribution in [-0.4, -0.2) is 39.7 Å². The molecule has 0 unspecified atom stereocenters. The fourth-order valence-corrected chi connectivity index (χ4v) is 5.95. The summed E-state index contributed by atoms with van der Waals surface area (Å²) in [6.07, 6.45) is 14.6. The molecule has 1 saturated heterocycles. The molecule has 2 aliphatic heterocycles. The van der Waals surface area contributed by atoms with Crippen LogP contribution in [0.4, 0.5) is 5.69 Å². The molecule has 1 N–H and O–H groups in total. The van der Waals surface area contributed by atoms with Gasteiger partial charge in [0.25, 0.3) is 5.91 Å². The van der Waals surface area contributed by atoms with Crippen molar-refractivity contribution in [3.63, 3.8) is 0 Å². The minimum Gasteiger partial charge on any atom is -0.321 e. The average molecular weight is 415 g/mol. The molecule has 1 aromatic heterocycles. The summed E-state index contributed by atoms with van der Waals surface area (Å²) in [6, 6.07) is 11.6. The molecule has 1 amide bonds. The van der Waals surface area contributed by atoms with Gasteiger partial charge in [-0.15, -0.1) is 0 Å². The van der Waals surface area contributed by atoms with Crippen LogP contribution in [0, 0.1) is 0 Å². The molecule has 1 aliphatic carbocycles. The van der Waals surface area contributed by atoms with Crippen LogP contribution in [0.2, 0.25) is 0 Å². The van der Waals surface area contributed by atoms with Crippen LogP contribution in [-0.2, 0) is 6.42 Å². The topological polar surface area (TPSA) is 50.2 Å². The maximum atomic E-state index is 12.2. The molecular formula is C26H30N4O. The molecule has 2 fully saturated rings. The Kier molecular flexibility index (Phi) is 4.79. The van der Waals surface area contributed by atoms with E-state index in [-0.39, 0.29) is 5.91 Å². The van der Waals surface area contributed by atoms with E-state index in [9.17, 15) is 4.79 Å². The van der Waals surface area contributed by atoms with Gasteiger partial charge in [-0.2, -0.15) is 5.10 Å². The molecule has 0 atom stereocenters. The predicted octanol–water partition coefficient (Wildman–Crippen LogP) is 5.16. The van der Waals surface area contributed by atoms with Gasteiger partial charge in [-0.05, 0) is 54.3 Å². The van der Waals surface area contributed by atoms with Crippen molar-refractivity contribution in [3.8, 4) is 0 Å². The first kappa shape index (κ1) is 19.1. The molecule has 31 heavy (non-hydrogen) atoms. The molecule has 1 saturated carbocycles. The summed E-state index contributed by atoms with van der Waals surface area (Å²) < 4.78 is 2.21. The van der Waals surface area contributed by atoms with Crippen LogP contribution < -0.4 is 5.32 Å². The van der Waals surface area contributed by atoms with Crippen molar-refractivity contribution in [2.24, 2.45) is 0 Å². The highest BCUT2D eigenvalue weighted by atomic mass is 16.1. The third kappa shape index (κ3) is 3.45. The lowest BCUT2D eigenvalue weighted by Crippen LogP contribution is -2.42. The first-order valence-electron chi connectivity index (χ1n) is 11.9. The van der Waals surface area contributed by atoms with Crippen LogP contribution in [0.15, 0.2) is 42.7 Å². The Morgan fingerprint density at radius 1 is 0.968 bits per heavy atom. The molecule has 5 heteroatoms. The van der Waals surface area contributed by atoms with E-state index in [4.69, 9.17) is 5.10 Å². The van der Waals surface area contributed by atoms with Crippen LogP contribution in [0.1, 0.15) is 72.5 Å². The highest BCUT2D eigenvalue weighted by molar-refractivity contribution is 6.24. The van der Waals surface area contributed by atoms with Gasteiger partial charge in [0.05, 0.1) is 12.2 Å². The van der Waals surface area contributed by atoms with Crippen molar-refractivity contribution < 1.29 is 4.79 Å². The zero-order valence-electron chi connectivity index (χ0n) is 18.0. The first-order chi connectivity index (χ1) is 15.3. The number of hydrogen-bond acceptors (Lipinski definition) is 3. The minimum absolute atomic E-state index is 0.00476. The number of aromatic nitrogens is 2. The molecule has 3 aromatic rings. The standard InChI is InChI=1S/C26H30N4O/c31-26-23-8-4-7-22-19(9-10-24(28-26)25(22)23)15-18-16-27-30(17-18)21-11-13-29(14-12-21)20-5-2-1-3-6-20/h4,7-10,16-17,20-21H,1-3,5-6,11-15H2,(H,28,31). The quantitative estimate of drug-likeness (QED) is 0.641. The van der Waals surface area contributed by atoms with E-state index < -0.39 is 0 Å². The summed E-state index contributed by atoms with van der Waals surface area (Å²) in [7, 11) is 0. The van der Waals surface area contributed by atoms with E-state index in [1.807, 2.05) is 24.4 Å². The number of nitrogens with zero attached hydrogens (tertiary/aromatic N) is 3. The molecule has 6 rings (SSSR count). The summed E-state index contributed by atoms with van der Waals surface area (Å²) in [4.78, 5) is 14.9. The highest BCUT2D eigenvalue weighted by Crippen LogP contribution is 2.36. The Hall–Kier alpha value is -2.66. The fraction of sp³-hybridized carbons (Fsp3) is 0.462. The summed E-state index contributed by atoms with van der Waals surface area (Å²) in [5.41, 5.74) is 4.21. The van der Waals surface area contributed by atoms with Crippen molar-refractivity contribution >= 4 is 22.4 Å². The zero-order valence-corrected chi connectivity index (χ0v) is 18.0. The number of likely N-dealkylation sites (tertiary alicyclic amines) is 1. The number of carbonyl (C=O) groups excluding carboxylic acids is 1. The molecule has 160 valence electrons. The van der Waals surface area contributed by atoms with Crippen LogP contribution >= 0.6 is 0 Å². The van der Waals surface area contributed by atoms with Crippen molar-refractivity contribution in [2.45, 2.75) is 63.5 Å². The monoisotopic (exact) mass is 414 g/mol. The van der Waals surface area contributed by atoms with Crippen molar-refractivity contribution in [1.82, 2.24) is 14.7 Å². The van der Waals surface area contributed by atoms with E-state index in [1.165, 1.54) is 74.5 Å². The third-order valence-corrected chi connectivity index (χ3v) is 7.64. The first-order valence-corrected chi connectivity index (χ1v) is 11.9.